The Morgan fingerprint density at radius 2 is 1.89 bits per heavy atom. The van der Waals surface area contributed by atoms with Crippen LogP contribution in [0.3, 0.4) is 0 Å². The van der Waals surface area contributed by atoms with E-state index in [0.717, 1.165) is 26.0 Å². The Labute approximate surface area is 118 Å². The van der Waals surface area contributed by atoms with Crippen molar-refractivity contribution in [1.82, 2.24) is 5.32 Å². The summed E-state index contributed by atoms with van der Waals surface area (Å²) >= 11 is 0. The molecule has 2 atom stereocenters. The van der Waals surface area contributed by atoms with Gasteiger partial charge in [0.25, 0.3) is 0 Å². The minimum atomic E-state index is 0.261. The zero-order chi connectivity index (χ0) is 14.3. The Balaban J connectivity index is 3.02. The molecule has 0 saturated carbocycles. The number of hydrogen-bond donors (Lipinski definition) is 1. The average molecular weight is 263 g/mol. The van der Waals surface area contributed by atoms with E-state index in [-0.39, 0.29) is 6.10 Å². The average Bonchev–Trinajstić information content (AvgIpc) is 2.37. The van der Waals surface area contributed by atoms with Gasteiger partial charge < -0.3 is 10.1 Å². The lowest BCUT2D eigenvalue weighted by molar-refractivity contribution is 0.0278. The van der Waals surface area contributed by atoms with Gasteiger partial charge in [0.1, 0.15) is 0 Å². The number of rotatable bonds is 8. The third-order valence-electron chi connectivity index (χ3n) is 3.51. The van der Waals surface area contributed by atoms with Crippen LogP contribution in [0, 0.1) is 13.8 Å². The highest BCUT2D eigenvalue weighted by Gasteiger charge is 2.23. The Morgan fingerprint density at radius 1 is 1.16 bits per heavy atom. The third kappa shape index (κ3) is 4.63. The van der Waals surface area contributed by atoms with Gasteiger partial charge in [0.05, 0.1) is 12.1 Å². The van der Waals surface area contributed by atoms with Crippen LogP contribution in [0.2, 0.25) is 0 Å². The molecule has 1 N–H and O–H groups in total. The van der Waals surface area contributed by atoms with Crippen molar-refractivity contribution in [2.24, 2.45) is 0 Å². The molecule has 0 fully saturated rings. The van der Waals surface area contributed by atoms with Crippen LogP contribution in [-0.4, -0.2) is 19.3 Å². The zero-order valence-electron chi connectivity index (χ0n) is 13.1. The molecule has 0 amide bonds. The van der Waals surface area contributed by atoms with Crippen molar-refractivity contribution in [2.45, 2.75) is 59.6 Å². The van der Waals surface area contributed by atoms with Gasteiger partial charge in [-0.1, -0.05) is 44.0 Å². The summed E-state index contributed by atoms with van der Waals surface area (Å²) in [5.41, 5.74) is 4.05. The molecule has 0 aliphatic heterocycles. The van der Waals surface area contributed by atoms with Crippen LogP contribution in [0.1, 0.15) is 56.3 Å². The first-order valence-electron chi connectivity index (χ1n) is 7.56. The van der Waals surface area contributed by atoms with Gasteiger partial charge in [0, 0.05) is 6.61 Å². The van der Waals surface area contributed by atoms with Crippen molar-refractivity contribution in [1.29, 1.82) is 0 Å². The van der Waals surface area contributed by atoms with Crippen molar-refractivity contribution < 1.29 is 4.74 Å². The van der Waals surface area contributed by atoms with E-state index in [1.807, 2.05) is 0 Å². The van der Waals surface area contributed by atoms with E-state index in [1.165, 1.54) is 16.7 Å². The van der Waals surface area contributed by atoms with E-state index in [0.29, 0.717) is 6.04 Å². The molecule has 0 aromatic heterocycles. The summed E-state index contributed by atoms with van der Waals surface area (Å²) in [4.78, 5) is 0. The molecule has 0 bridgehead atoms. The molecule has 0 radical (unpaired) electrons. The number of ether oxygens (including phenoxy) is 1. The second-order valence-corrected chi connectivity index (χ2v) is 5.18. The van der Waals surface area contributed by atoms with Crippen LogP contribution in [0.25, 0.3) is 0 Å². The summed E-state index contributed by atoms with van der Waals surface area (Å²) in [5.74, 6) is 0. The molecule has 2 heteroatoms. The maximum atomic E-state index is 5.97. The fourth-order valence-electron chi connectivity index (χ4n) is 2.68. The monoisotopic (exact) mass is 263 g/mol. The van der Waals surface area contributed by atoms with E-state index < -0.39 is 0 Å². The van der Waals surface area contributed by atoms with Crippen molar-refractivity contribution >= 4 is 0 Å². The number of nitrogens with one attached hydrogen (secondary N) is 1. The van der Waals surface area contributed by atoms with Gasteiger partial charge in [-0.15, -0.1) is 0 Å². The van der Waals surface area contributed by atoms with Gasteiger partial charge in [0.15, 0.2) is 0 Å². The molecule has 2 nitrogen and oxygen atoms in total. The van der Waals surface area contributed by atoms with Crippen molar-refractivity contribution in [3.63, 3.8) is 0 Å². The van der Waals surface area contributed by atoms with Gasteiger partial charge in [-0.3, -0.25) is 0 Å². The number of likely N-dealkylation sites (N-methyl/N-ethyl adjacent to an activating group) is 1. The first kappa shape index (κ1) is 16.2. The lowest BCUT2D eigenvalue weighted by Crippen LogP contribution is -2.34. The van der Waals surface area contributed by atoms with Crippen molar-refractivity contribution in [2.75, 3.05) is 13.2 Å². The normalized spacial score (nSPS) is 14.4. The molecule has 0 heterocycles. The van der Waals surface area contributed by atoms with Crippen molar-refractivity contribution in [3.05, 3.63) is 34.9 Å². The van der Waals surface area contributed by atoms with Gasteiger partial charge in [-0.2, -0.15) is 0 Å². The minimum Gasteiger partial charge on any atom is -0.377 e. The van der Waals surface area contributed by atoms with Crippen molar-refractivity contribution in [3.8, 4) is 0 Å². The van der Waals surface area contributed by atoms with E-state index in [4.69, 9.17) is 4.74 Å². The molecule has 2 unspecified atom stereocenters. The fraction of sp³-hybridized carbons (Fsp3) is 0.647. The molecule has 108 valence electrons. The predicted octanol–water partition coefficient (Wildman–Crippen LogP) is 4.16. The summed E-state index contributed by atoms with van der Waals surface area (Å²) in [5, 5.41) is 3.60. The first-order valence-corrected chi connectivity index (χ1v) is 7.56. The van der Waals surface area contributed by atoms with Gasteiger partial charge in [0.2, 0.25) is 0 Å². The number of aryl methyl sites for hydroxylation is 2. The summed E-state index contributed by atoms with van der Waals surface area (Å²) in [6, 6.07) is 7.00. The maximum Gasteiger partial charge on any atom is 0.0769 e. The molecule has 1 aromatic carbocycles. The molecule has 0 saturated heterocycles. The van der Waals surface area contributed by atoms with Gasteiger partial charge >= 0.3 is 0 Å². The number of benzene rings is 1. The highest BCUT2D eigenvalue weighted by Crippen LogP contribution is 2.26. The summed E-state index contributed by atoms with van der Waals surface area (Å²) < 4.78 is 5.97. The Bertz CT molecular complexity index is 370. The smallest absolute Gasteiger partial charge is 0.0769 e. The Hall–Kier alpha value is -0.860. The quantitative estimate of drug-likeness (QED) is 0.760. The van der Waals surface area contributed by atoms with E-state index in [1.54, 1.807) is 0 Å². The molecule has 0 aliphatic carbocycles. The van der Waals surface area contributed by atoms with E-state index in [2.05, 4.69) is 58.1 Å². The zero-order valence-corrected chi connectivity index (χ0v) is 13.1. The summed E-state index contributed by atoms with van der Waals surface area (Å²) in [6.07, 6.45) is 2.51. The molecule has 1 aromatic rings. The summed E-state index contributed by atoms with van der Waals surface area (Å²) in [6.45, 7) is 12.5. The van der Waals surface area contributed by atoms with Crippen LogP contribution in [0.5, 0.6) is 0 Å². The van der Waals surface area contributed by atoms with Crippen LogP contribution >= 0.6 is 0 Å². The standard InChI is InChI=1S/C17H29NO/c1-6-9-16(19-8-3)17(18-7-2)15-11-10-13(4)12-14(15)5/h10-12,16-18H,6-9H2,1-5H3. The number of hydrogen-bond acceptors (Lipinski definition) is 2. The highest BCUT2D eigenvalue weighted by atomic mass is 16.5. The molecule has 1 rings (SSSR count). The molecular formula is C17H29NO. The lowest BCUT2D eigenvalue weighted by atomic mass is 9.93. The van der Waals surface area contributed by atoms with Crippen LogP contribution < -0.4 is 5.32 Å². The SMILES string of the molecule is CCCC(OCC)C(NCC)c1ccc(C)cc1C. The maximum absolute atomic E-state index is 5.97. The van der Waals surface area contributed by atoms with Crippen LogP contribution in [0.15, 0.2) is 18.2 Å². The second-order valence-electron chi connectivity index (χ2n) is 5.18. The van der Waals surface area contributed by atoms with Crippen LogP contribution in [-0.2, 0) is 4.74 Å². The first-order chi connectivity index (χ1) is 9.13. The molecule has 0 spiro atoms. The second kappa shape index (κ2) is 8.34. The highest BCUT2D eigenvalue weighted by molar-refractivity contribution is 5.33. The lowest BCUT2D eigenvalue weighted by Gasteiger charge is -2.29. The van der Waals surface area contributed by atoms with Gasteiger partial charge in [-0.05, 0) is 44.9 Å². The van der Waals surface area contributed by atoms with Crippen LogP contribution in [0.4, 0.5) is 0 Å². The van der Waals surface area contributed by atoms with E-state index in [9.17, 15) is 0 Å². The Morgan fingerprint density at radius 3 is 2.42 bits per heavy atom. The van der Waals surface area contributed by atoms with Gasteiger partial charge in [-0.25, -0.2) is 0 Å². The Kier molecular flexibility index (Phi) is 7.11. The fourth-order valence-corrected chi connectivity index (χ4v) is 2.68. The predicted molar refractivity (Wildman–Crippen MR) is 82.7 cm³/mol. The molecule has 0 aliphatic rings. The van der Waals surface area contributed by atoms with E-state index >= 15 is 0 Å². The molecule has 19 heavy (non-hydrogen) atoms. The summed E-state index contributed by atoms with van der Waals surface area (Å²) in [7, 11) is 0. The minimum absolute atomic E-state index is 0.261. The molecular weight excluding hydrogens is 234 g/mol. The largest absolute Gasteiger partial charge is 0.377 e. The third-order valence-corrected chi connectivity index (χ3v) is 3.51. The topological polar surface area (TPSA) is 21.3 Å².